The first-order chi connectivity index (χ1) is 8.59. The lowest BCUT2D eigenvalue weighted by molar-refractivity contribution is -0.127. The average Bonchev–Trinajstić information content (AvgIpc) is 2.97. The van der Waals surface area contributed by atoms with Gasteiger partial charge in [0.05, 0.1) is 12.1 Å². The molecule has 3 nitrogen and oxygen atoms in total. The van der Waals surface area contributed by atoms with Crippen LogP contribution in [0, 0.1) is 5.41 Å². The second-order valence-corrected chi connectivity index (χ2v) is 5.86. The molecule has 0 radical (unpaired) electrons. The van der Waals surface area contributed by atoms with Crippen molar-refractivity contribution in [3.8, 4) is 0 Å². The van der Waals surface area contributed by atoms with Crippen molar-refractivity contribution < 1.29 is 9.90 Å². The van der Waals surface area contributed by atoms with Gasteiger partial charge in [-0.15, -0.1) is 0 Å². The summed E-state index contributed by atoms with van der Waals surface area (Å²) >= 11 is 0. The zero-order chi connectivity index (χ0) is 13.2. The largest absolute Gasteiger partial charge is 0.388 e. The maximum Gasteiger partial charge on any atom is 0.222 e. The Morgan fingerprint density at radius 1 is 1.50 bits per heavy atom. The van der Waals surface area contributed by atoms with Crippen molar-refractivity contribution in [2.24, 2.45) is 5.41 Å². The molecular formula is C15H25NO2. The zero-order valence-corrected chi connectivity index (χ0v) is 11.6. The second-order valence-electron chi connectivity index (χ2n) is 5.86. The van der Waals surface area contributed by atoms with E-state index in [1.807, 2.05) is 19.2 Å². The lowest BCUT2D eigenvalue weighted by Gasteiger charge is -2.31. The minimum atomic E-state index is -0.353. The predicted octanol–water partition coefficient (Wildman–Crippen LogP) is 2.49. The SMILES string of the molecule is CCC1(C(O)/C=C/C2CCC(=O)N2C)CCCC1. The molecular weight excluding hydrogens is 226 g/mol. The summed E-state index contributed by atoms with van der Waals surface area (Å²) in [5, 5.41) is 10.4. The maximum atomic E-state index is 11.4. The van der Waals surface area contributed by atoms with Gasteiger partial charge in [-0.3, -0.25) is 4.79 Å². The summed E-state index contributed by atoms with van der Waals surface area (Å²) in [4.78, 5) is 13.2. The average molecular weight is 251 g/mol. The summed E-state index contributed by atoms with van der Waals surface area (Å²) in [7, 11) is 1.85. The number of hydrogen-bond acceptors (Lipinski definition) is 2. The van der Waals surface area contributed by atoms with Crippen molar-refractivity contribution in [3.63, 3.8) is 0 Å². The molecule has 2 fully saturated rings. The van der Waals surface area contributed by atoms with Crippen LogP contribution in [0.15, 0.2) is 12.2 Å². The van der Waals surface area contributed by atoms with E-state index in [9.17, 15) is 9.90 Å². The van der Waals surface area contributed by atoms with Gasteiger partial charge in [0.25, 0.3) is 0 Å². The van der Waals surface area contributed by atoms with Gasteiger partial charge in [-0.05, 0) is 31.1 Å². The molecule has 3 heteroatoms. The molecule has 1 heterocycles. The summed E-state index contributed by atoms with van der Waals surface area (Å²) in [5.41, 5.74) is 0.0949. The van der Waals surface area contributed by atoms with Crippen LogP contribution < -0.4 is 0 Å². The number of carbonyl (C=O) groups is 1. The molecule has 1 saturated carbocycles. The summed E-state index contributed by atoms with van der Waals surface area (Å²) in [6.07, 6.45) is 10.9. The third-order valence-electron chi connectivity index (χ3n) is 4.99. The van der Waals surface area contributed by atoms with E-state index in [2.05, 4.69) is 6.92 Å². The van der Waals surface area contributed by atoms with Crippen LogP contribution >= 0.6 is 0 Å². The summed E-state index contributed by atoms with van der Waals surface area (Å²) in [6.45, 7) is 2.17. The van der Waals surface area contributed by atoms with Gasteiger partial charge in [-0.2, -0.15) is 0 Å². The van der Waals surface area contributed by atoms with E-state index in [0.717, 1.165) is 25.7 Å². The number of rotatable bonds is 4. The molecule has 2 rings (SSSR count). The Morgan fingerprint density at radius 3 is 2.67 bits per heavy atom. The van der Waals surface area contributed by atoms with Crippen molar-refractivity contribution in [3.05, 3.63) is 12.2 Å². The van der Waals surface area contributed by atoms with Gasteiger partial charge in [0.1, 0.15) is 0 Å². The van der Waals surface area contributed by atoms with E-state index in [1.165, 1.54) is 12.8 Å². The fourth-order valence-corrected chi connectivity index (χ4v) is 3.43. The Morgan fingerprint density at radius 2 is 2.17 bits per heavy atom. The summed E-state index contributed by atoms with van der Waals surface area (Å²) in [5.74, 6) is 0.213. The number of hydrogen-bond donors (Lipinski definition) is 1. The Balaban J connectivity index is 1.98. The summed E-state index contributed by atoms with van der Waals surface area (Å²) < 4.78 is 0. The van der Waals surface area contributed by atoms with Crippen LogP contribution in [-0.4, -0.2) is 35.1 Å². The lowest BCUT2D eigenvalue weighted by atomic mass is 9.77. The number of likely N-dealkylation sites (N-methyl/N-ethyl adjacent to an activating group) is 1. The highest BCUT2D eigenvalue weighted by molar-refractivity contribution is 5.78. The van der Waals surface area contributed by atoms with Crippen LogP contribution in [0.4, 0.5) is 0 Å². The molecule has 0 spiro atoms. The van der Waals surface area contributed by atoms with Crippen molar-refractivity contribution in [2.45, 2.75) is 64.0 Å². The normalized spacial score (nSPS) is 29.4. The molecule has 0 bridgehead atoms. The highest BCUT2D eigenvalue weighted by Crippen LogP contribution is 2.44. The molecule has 1 saturated heterocycles. The van der Waals surface area contributed by atoms with Crippen LogP contribution in [0.5, 0.6) is 0 Å². The number of aliphatic hydroxyl groups excluding tert-OH is 1. The van der Waals surface area contributed by atoms with Gasteiger partial charge in [0.2, 0.25) is 5.91 Å². The molecule has 1 amide bonds. The van der Waals surface area contributed by atoms with Crippen LogP contribution in [0.3, 0.4) is 0 Å². The second kappa shape index (κ2) is 5.43. The number of likely N-dealkylation sites (tertiary alicyclic amines) is 1. The van der Waals surface area contributed by atoms with E-state index >= 15 is 0 Å². The number of aliphatic hydroxyl groups is 1. The maximum absolute atomic E-state index is 11.4. The smallest absolute Gasteiger partial charge is 0.222 e. The molecule has 1 aliphatic carbocycles. The molecule has 1 aliphatic heterocycles. The lowest BCUT2D eigenvalue weighted by Crippen LogP contribution is -2.31. The molecule has 0 aromatic carbocycles. The molecule has 102 valence electrons. The van der Waals surface area contributed by atoms with Gasteiger partial charge in [-0.25, -0.2) is 0 Å². The van der Waals surface area contributed by atoms with E-state index in [1.54, 1.807) is 4.90 Å². The fourth-order valence-electron chi connectivity index (χ4n) is 3.43. The third-order valence-corrected chi connectivity index (χ3v) is 4.99. The standard InChI is InChI=1S/C15H25NO2/c1-3-15(10-4-5-11-15)13(17)8-6-12-7-9-14(18)16(12)2/h6,8,12-13,17H,3-5,7,9-11H2,1-2H3/b8-6+. The number of nitrogens with zero attached hydrogens (tertiary/aromatic N) is 1. The van der Waals surface area contributed by atoms with Crippen molar-refractivity contribution in [1.82, 2.24) is 4.90 Å². The van der Waals surface area contributed by atoms with E-state index in [-0.39, 0.29) is 23.5 Å². The minimum absolute atomic E-state index is 0.0949. The van der Waals surface area contributed by atoms with Gasteiger partial charge >= 0.3 is 0 Å². The Hall–Kier alpha value is -0.830. The Kier molecular flexibility index (Phi) is 4.10. The van der Waals surface area contributed by atoms with Crippen LogP contribution in [0.1, 0.15) is 51.9 Å². The van der Waals surface area contributed by atoms with E-state index in [0.29, 0.717) is 6.42 Å². The van der Waals surface area contributed by atoms with Crippen LogP contribution in [-0.2, 0) is 4.79 Å². The van der Waals surface area contributed by atoms with Gasteiger partial charge in [-0.1, -0.05) is 31.9 Å². The Labute approximate surface area is 110 Å². The third kappa shape index (κ3) is 2.46. The highest BCUT2D eigenvalue weighted by Gasteiger charge is 2.37. The first-order valence-corrected chi connectivity index (χ1v) is 7.21. The summed E-state index contributed by atoms with van der Waals surface area (Å²) in [6, 6.07) is 0.183. The van der Waals surface area contributed by atoms with Crippen molar-refractivity contribution >= 4 is 5.91 Å². The molecule has 2 unspecified atom stereocenters. The molecule has 18 heavy (non-hydrogen) atoms. The predicted molar refractivity (Wildman–Crippen MR) is 72.1 cm³/mol. The Bertz CT molecular complexity index is 331. The highest BCUT2D eigenvalue weighted by atomic mass is 16.3. The zero-order valence-electron chi connectivity index (χ0n) is 11.6. The van der Waals surface area contributed by atoms with Crippen molar-refractivity contribution in [1.29, 1.82) is 0 Å². The van der Waals surface area contributed by atoms with Gasteiger partial charge in [0, 0.05) is 13.5 Å². The molecule has 0 aromatic rings. The molecule has 2 atom stereocenters. The molecule has 1 N–H and O–H groups in total. The molecule has 2 aliphatic rings. The van der Waals surface area contributed by atoms with Crippen molar-refractivity contribution in [2.75, 3.05) is 7.05 Å². The number of amides is 1. The van der Waals surface area contributed by atoms with Gasteiger partial charge in [0.15, 0.2) is 0 Å². The topological polar surface area (TPSA) is 40.5 Å². The minimum Gasteiger partial charge on any atom is -0.388 e. The van der Waals surface area contributed by atoms with E-state index in [4.69, 9.17) is 0 Å². The first kappa shape index (κ1) is 13.6. The van der Waals surface area contributed by atoms with Gasteiger partial charge < -0.3 is 10.0 Å². The van der Waals surface area contributed by atoms with E-state index < -0.39 is 0 Å². The molecule has 0 aromatic heterocycles. The monoisotopic (exact) mass is 251 g/mol. The quantitative estimate of drug-likeness (QED) is 0.780. The number of carbonyl (C=O) groups excluding carboxylic acids is 1. The van der Waals surface area contributed by atoms with Crippen LogP contribution in [0.25, 0.3) is 0 Å². The first-order valence-electron chi connectivity index (χ1n) is 7.21. The fraction of sp³-hybridized carbons (Fsp3) is 0.800. The van der Waals surface area contributed by atoms with Crippen LogP contribution in [0.2, 0.25) is 0 Å².